The first-order valence-electron chi connectivity index (χ1n) is 7.65. The van der Waals surface area contributed by atoms with E-state index in [4.69, 9.17) is 0 Å². The molecule has 1 aromatic heterocycles. The predicted octanol–water partition coefficient (Wildman–Crippen LogP) is 4.77. The summed E-state index contributed by atoms with van der Waals surface area (Å²) in [5.41, 5.74) is 1.62. The van der Waals surface area contributed by atoms with Crippen LogP contribution in [0.4, 0.5) is 5.69 Å². The number of nitrogens with zero attached hydrogens (tertiary/aromatic N) is 1. The number of carbonyl (C=O) groups is 1. The quantitative estimate of drug-likeness (QED) is 0.574. The van der Waals surface area contributed by atoms with Gasteiger partial charge in [-0.1, -0.05) is 31.4 Å². The minimum absolute atomic E-state index is 0.0232. The summed E-state index contributed by atoms with van der Waals surface area (Å²) in [4.78, 5) is 17.0. The van der Waals surface area contributed by atoms with Crippen LogP contribution < -0.4 is 5.32 Å². The van der Waals surface area contributed by atoms with Crippen LogP contribution >= 0.6 is 22.6 Å². The lowest BCUT2D eigenvalue weighted by Gasteiger charge is -2.28. The van der Waals surface area contributed by atoms with E-state index >= 15 is 0 Å². The van der Waals surface area contributed by atoms with Crippen LogP contribution in [0.15, 0.2) is 43.1 Å². The molecule has 1 amide bonds. The van der Waals surface area contributed by atoms with E-state index in [1.807, 2.05) is 24.3 Å². The molecule has 22 heavy (non-hydrogen) atoms. The Morgan fingerprint density at radius 2 is 2.27 bits per heavy atom. The molecule has 1 fully saturated rings. The Bertz CT molecular complexity index is 709. The topological polar surface area (TPSA) is 42.0 Å². The lowest BCUT2D eigenvalue weighted by molar-refractivity contribution is -0.119. The molecule has 1 aromatic carbocycles. The fourth-order valence-electron chi connectivity index (χ4n) is 2.86. The second-order valence-electron chi connectivity index (χ2n) is 5.86. The first kappa shape index (κ1) is 15.5. The summed E-state index contributed by atoms with van der Waals surface area (Å²) in [6, 6.07) is 7.88. The molecular formula is C18H19IN2O. The lowest BCUT2D eigenvalue weighted by Crippen LogP contribution is -2.25. The Labute approximate surface area is 144 Å². The summed E-state index contributed by atoms with van der Waals surface area (Å²) < 4.78 is 1.13. The predicted molar refractivity (Wildman–Crippen MR) is 98.7 cm³/mol. The Hall–Kier alpha value is -1.43. The van der Waals surface area contributed by atoms with E-state index in [2.05, 4.69) is 39.5 Å². The van der Waals surface area contributed by atoms with Crippen molar-refractivity contribution in [3.8, 4) is 0 Å². The van der Waals surface area contributed by atoms with Crippen molar-refractivity contribution < 1.29 is 4.79 Å². The lowest BCUT2D eigenvalue weighted by atomic mass is 9.79. The van der Waals surface area contributed by atoms with Gasteiger partial charge in [-0.15, -0.1) is 6.58 Å². The number of benzene rings is 1. The fourth-order valence-corrected chi connectivity index (χ4v) is 3.48. The van der Waals surface area contributed by atoms with E-state index in [-0.39, 0.29) is 11.8 Å². The molecular weight excluding hydrogens is 387 g/mol. The van der Waals surface area contributed by atoms with Crippen LogP contribution in [0.2, 0.25) is 0 Å². The number of anilines is 1. The molecule has 1 atom stereocenters. The highest BCUT2D eigenvalue weighted by molar-refractivity contribution is 14.1. The number of amides is 1. The summed E-state index contributed by atoms with van der Waals surface area (Å²) in [6.45, 7) is 3.83. The van der Waals surface area contributed by atoms with Crippen LogP contribution in [0.25, 0.3) is 10.9 Å². The van der Waals surface area contributed by atoms with E-state index in [9.17, 15) is 4.79 Å². The molecule has 1 unspecified atom stereocenters. The van der Waals surface area contributed by atoms with E-state index in [1.165, 1.54) is 19.3 Å². The largest absolute Gasteiger partial charge is 0.324 e. The molecule has 1 aliphatic rings. The maximum Gasteiger partial charge on any atom is 0.231 e. The van der Waals surface area contributed by atoms with Gasteiger partial charge in [-0.25, -0.2) is 0 Å². The summed E-state index contributed by atoms with van der Waals surface area (Å²) in [5.74, 6) is 0.582. The first-order chi connectivity index (χ1) is 10.7. The SMILES string of the molecule is C=CC(CC1CCC1)C(=O)Nc1ccc(I)c2cccnc12. The summed E-state index contributed by atoms with van der Waals surface area (Å²) in [5, 5.41) is 4.11. The van der Waals surface area contributed by atoms with Crippen molar-refractivity contribution >= 4 is 45.1 Å². The standard InChI is InChI=1S/C18H19IN2O/c1-2-13(11-12-5-3-6-12)18(22)21-16-9-8-15(19)14-7-4-10-20-17(14)16/h2,4,7-10,12-13H,1,3,5-6,11H2,(H,21,22). The normalized spacial score (nSPS) is 16.0. The third-order valence-electron chi connectivity index (χ3n) is 4.41. The molecule has 0 saturated heterocycles. The van der Waals surface area contributed by atoms with Gasteiger partial charge in [0, 0.05) is 15.2 Å². The second-order valence-corrected chi connectivity index (χ2v) is 7.02. The molecule has 1 heterocycles. The summed E-state index contributed by atoms with van der Waals surface area (Å²) in [7, 11) is 0. The smallest absolute Gasteiger partial charge is 0.231 e. The maximum absolute atomic E-state index is 12.5. The van der Waals surface area contributed by atoms with Crippen LogP contribution in [0.1, 0.15) is 25.7 Å². The number of fused-ring (bicyclic) bond motifs is 1. The molecule has 1 saturated carbocycles. The van der Waals surface area contributed by atoms with Crippen LogP contribution in [-0.4, -0.2) is 10.9 Å². The number of pyridine rings is 1. The zero-order valence-corrected chi connectivity index (χ0v) is 14.5. The number of nitrogens with one attached hydrogen (secondary N) is 1. The average molecular weight is 406 g/mol. The Balaban J connectivity index is 1.81. The van der Waals surface area contributed by atoms with Crippen LogP contribution in [0, 0.1) is 15.4 Å². The van der Waals surface area contributed by atoms with Gasteiger partial charge in [-0.3, -0.25) is 9.78 Å². The second kappa shape index (κ2) is 6.77. The highest BCUT2D eigenvalue weighted by Crippen LogP contribution is 2.33. The van der Waals surface area contributed by atoms with Gasteiger partial charge in [0.05, 0.1) is 17.1 Å². The highest BCUT2D eigenvalue weighted by atomic mass is 127. The molecule has 0 radical (unpaired) electrons. The molecule has 0 bridgehead atoms. The molecule has 3 nitrogen and oxygen atoms in total. The number of carbonyl (C=O) groups excluding carboxylic acids is 1. The number of rotatable bonds is 5. The van der Waals surface area contributed by atoms with Crippen molar-refractivity contribution in [2.75, 3.05) is 5.32 Å². The van der Waals surface area contributed by atoms with Gasteiger partial charge in [0.2, 0.25) is 5.91 Å². The van der Waals surface area contributed by atoms with Gasteiger partial charge in [-0.2, -0.15) is 0 Å². The van der Waals surface area contributed by atoms with Crippen molar-refractivity contribution in [1.29, 1.82) is 0 Å². The number of aromatic nitrogens is 1. The van der Waals surface area contributed by atoms with Gasteiger partial charge < -0.3 is 5.32 Å². The first-order valence-corrected chi connectivity index (χ1v) is 8.73. The third kappa shape index (κ3) is 3.16. The minimum Gasteiger partial charge on any atom is -0.324 e. The Morgan fingerprint density at radius 3 is 2.95 bits per heavy atom. The minimum atomic E-state index is -0.122. The van der Waals surface area contributed by atoms with Crippen molar-refractivity contribution in [2.45, 2.75) is 25.7 Å². The number of hydrogen-bond donors (Lipinski definition) is 1. The summed E-state index contributed by atoms with van der Waals surface area (Å²) >= 11 is 2.29. The van der Waals surface area contributed by atoms with Crippen molar-refractivity contribution in [1.82, 2.24) is 4.98 Å². The molecule has 0 spiro atoms. The molecule has 3 rings (SSSR count). The fraction of sp³-hybridized carbons (Fsp3) is 0.333. The molecule has 0 aliphatic heterocycles. The Kier molecular flexibility index (Phi) is 4.76. The average Bonchev–Trinajstić information content (AvgIpc) is 2.49. The van der Waals surface area contributed by atoms with Gasteiger partial charge in [-0.05, 0) is 53.1 Å². The molecule has 2 aromatic rings. The van der Waals surface area contributed by atoms with Gasteiger partial charge >= 0.3 is 0 Å². The van der Waals surface area contributed by atoms with Crippen LogP contribution in [-0.2, 0) is 4.79 Å². The molecule has 1 aliphatic carbocycles. The Morgan fingerprint density at radius 1 is 1.45 bits per heavy atom. The molecule has 4 heteroatoms. The van der Waals surface area contributed by atoms with E-state index in [0.717, 1.165) is 26.6 Å². The van der Waals surface area contributed by atoms with E-state index < -0.39 is 0 Å². The van der Waals surface area contributed by atoms with E-state index in [1.54, 1.807) is 12.3 Å². The van der Waals surface area contributed by atoms with E-state index in [0.29, 0.717) is 5.92 Å². The van der Waals surface area contributed by atoms with Crippen LogP contribution in [0.5, 0.6) is 0 Å². The zero-order valence-electron chi connectivity index (χ0n) is 12.4. The molecule has 1 N–H and O–H groups in total. The van der Waals surface area contributed by atoms with Gasteiger partial charge in [0.15, 0.2) is 0 Å². The number of halogens is 1. The maximum atomic E-state index is 12.5. The molecule has 114 valence electrons. The van der Waals surface area contributed by atoms with Crippen molar-refractivity contribution in [3.63, 3.8) is 0 Å². The monoisotopic (exact) mass is 406 g/mol. The zero-order chi connectivity index (χ0) is 15.5. The summed E-state index contributed by atoms with van der Waals surface area (Å²) in [6.07, 6.45) is 8.22. The van der Waals surface area contributed by atoms with Gasteiger partial charge in [0.25, 0.3) is 0 Å². The van der Waals surface area contributed by atoms with Gasteiger partial charge in [0.1, 0.15) is 0 Å². The third-order valence-corrected chi connectivity index (χ3v) is 5.35. The van der Waals surface area contributed by atoms with Crippen molar-refractivity contribution in [2.24, 2.45) is 11.8 Å². The number of hydrogen-bond acceptors (Lipinski definition) is 2. The highest BCUT2D eigenvalue weighted by Gasteiger charge is 2.25. The van der Waals surface area contributed by atoms with Crippen molar-refractivity contribution in [3.05, 3.63) is 46.7 Å². The van der Waals surface area contributed by atoms with Crippen LogP contribution in [0.3, 0.4) is 0 Å².